The number of benzene rings is 1. The van der Waals surface area contributed by atoms with Crippen LogP contribution < -0.4 is 4.90 Å². The summed E-state index contributed by atoms with van der Waals surface area (Å²) in [5.41, 5.74) is 5.58. The molecule has 27 heavy (non-hydrogen) atoms. The third-order valence-corrected chi connectivity index (χ3v) is 5.52. The molecule has 0 radical (unpaired) electrons. The van der Waals surface area contributed by atoms with E-state index in [2.05, 4.69) is 35.2 Å². The molecule has 1 atom stereocenters. The molecule has 0 spiro atoms. The van der Waals surface area contributed by atoms with Crippen LogP contribution in [0.1, 0.15) is 36.5 Å². The summed E-state index contributed by atoms with van der Waals surface area (Å²) in [7, 11) is 0. The van der Waals surface area contributed by atoms with E-state index in [-0.39, 0.29) is 5.92 Å². The highest BCUT2D eigenvalue weighted by Crippen LogP contribution is 2.36. The first-order valence-electron chi connectivity index (χ1n) is 9.64. The molecular weight excluding hydrogens is 334 g/mol. The molecule has 4 heteroatoms. The van der Waals surface area contributed by atoms with E-state index in [1.807, 2.05) is 25.2 Å². The molecule has 0 fully saturated rings. The zero-order chi connectivity index (χ0) is 18.8. The quantitative estimate of drug-likeness (QED) is 0.799. The van der Waals surface area contributed by atoms with Crippen LogP contribution in [0, 0.1) is 34.5 Å². The van der Waals surface area contributed by atoms with Crippen LogP contribution >= 0.6 is 0 Å². The SMILES string of the molecule is CC1=CC(C(C#N)C#N)C=C(/C=C/c2cc3c4c(c2)CCCN4CCC3)O1. The molecule has 1 aromatic rings. The Morgan fingerprint density at radius 2 is 1.74 bits per heavy atom. The number of ether oxygens (including phenoxy) is 1. The smallest absolute Gasteiger partial charge is 0.143 e. The van der Waals surface area contributed by atoms with E-state index in [4.69, 9.17) is 15.3 Å². The van der Waals surface area contributed by atoms with E-state index in [1.54, 1.807) is 0 Å². The topological polar surface area (TPSA) is 60.0 Å². The second-order valence-electron chi connectivity index (χ2n) is 7.48. The van der Waals surface area contributed by atoms with Crippen molar-refractivity contribution in [1.29, 1.82) is 10.5 Å². The van der Waals surface area contributed by atoms with Crippen molar-refractivity contribution in [2.45, 2.75) is 32.6 Å². The molecule has 4 nitrogen and oxygen atoms in total. The minimum absolute atomic E-state index is 0.230. The molecule has 0 aliphatic carbocycles. The van der Waals surface area contributed by atoms with Crippen molar-refractivity contribution in [3.63, 3.8) is 0 Å². The molecule has 3 heterocycles. The van der Waals surface area contributed by atoms with Crippen molar-refractivity contribution in [3.05, 3.63) is 58.6 Å². The van der Waals surface area contributed by atoms with Gasteiger partial charge in [-0.3, -0.25) is 0 Å². The van der Waals surface area contributed by atoms with Gasteiger partial charge in [-0.1, -0.05) is 6.08 Å². The molecule has 0 saturated carbocycles. The van der Waals surface area contributed by atoms with Crippen molar-refractivity contribution in [1.82, 2.24) is 0 Å². The Hall–Kier alpha value is -2.98. The summed E-state index contributed by atoms with van der Waals surface area (Å²) in [6.45, 7) is 4.22. The Labute approximate surface area is 160 Å². The van der Waals surface area contributed by atoms with E-state index in [0.717, 1.165) is 18.6 Å². The molecule has 0 N–H and O–H groups in total. The summed E-state index contributed by atoms with van der Waals surface area (Å²) in [6.07, 6.45) is 12.5. The maximum Gasteiger partial charge on any atom is 0.143 e. The molecule has 0 aromatic heterocycles. The fraction of sp³-hybridized carbons (Fsp3) is 0.391. The third-order valence-electron chi connectivity index (χ3n) is 5.52. The average molecular weight is 357 g/mol. The highest BCUT2D eigenvalue weighted by molar-refractivity contribution is 5.68. The second-order valence-corrected chi connectivity index (χ2v) is 7.48. The number of hydrogen-bond donors (Lipinski definition) is 0. The highest BCUT2D eigenvalue weighted by Gasteiger charge is 2.24. The first-order valence-corrected chi connectivity index (χ1v) is 9.64. The molecular formula is C23H23N3O. The van der Waals surface area contributed by atoms with Crippen LogP contribution in [0.5, 0.6) is 0 Å². The van der Waals surface area contributed by atoms with Gasteiger partial charge >= 0.3 is 0 Å². The number of hydrogen-bond acceptors (Lipinski definition) is 4. The predicted octanol–water partition coefficient (Wildman–Crippen LogP) is 4.50. The van der Waals surface area contributed by atoms with Gasteiger partial charge in [-0.05, 0) is 79.7 Å². The number of anilines is 1. The van der Waals surface area contributed by atoms with Crippen LogP contribution in [0.3, 0.4) is 0 Å². The fourth-order valence-electron chi connectivity index (χ4n) is 4.35. The summed E-state index contributed by atoms with van der Waals surface area (Å²) >= 11 is 0. The number of aryl methyl sites for hydroxylation is 2. The Morgan fingerprint density at radius 1 is 1.07 bits per heavy atom. The zero-order valence-corrected chi connectivity index (χ0v) is 15.6. The Morgan fingerprint density at radius 3 is 2.37 bits per heavy atom. The fourth-order valence-corrected chi connectivity index (χ4v) is 4.35. The maximum absolute atomic E-state index is 9.16. The number of rotatable bonds is 3. The van der Waals surface area contributed by atoms with Gasteiger partial charge in [0.2, 0.25) is 0 Å². The minimum Gasteiger partial charge on any atom is -0.463 e. The van der Waals surface area contributed by atoms with Gasteiger partial charge in [0.1, 0.15) is 11.7 Å². The summed E-state index contributed by atoms with van der Waals surface area (Å²) in [5, 5.41) is 18.3. The molecule has 3 aliphatic rings. The lowest BCUT2D eigenvalue weighted by molar-refractivity contribution is 0.302. The molecule has 136 valence electrons. The van der Waals surface area contributed by atoms with Crippen LogP contribution in [-0.4, -0.2) is 13.1 Å². The summed E-state index contributed by atoms with van der Waals surface area (Å²) in [5.74, 6) is 0.510. The average Bonchev–Trinajstić information content (AvgIpc) is 2.67. The van der Waals surface area contributed by atoms with Gasteiger partial charge in [0, 0.05) is 24.7 Å². The maximum atomic E-state index is 9.16. The molecule has 1 unspecified atom stereocenters. The van der Waals surface area contributed by atoms with Crippen LogP contribution in [0.2, 0.25) is 0 Å². The van der Waals surface area contributed by atoms with Gasteiger partial charge in [-0.25, -0.2) is 0 Å². The first kappa shape index (κ1) is 17.4. The zero-order valence-electron chi connectivity index (χ0n) is 15.6. The van der Waals surface area contributed by atoms with Gasteiger partial charge in [0.25, 0.3) is 0 Å². The van der Waals surface area contributed by atoms with Crippen molar-refractivity contribution in [2.24, 2.45) is 11.8 Å². The molecule has 4 rings (SSSR count). The van der Waals surface area contributed by atoms with Crippen molar-refractivity contribution >= 4 is 11.8 Å². The van der Waals surface area contributed by atoms with Gasteiger partial charge < -0.3 is 9.64 Å². The summed E-state index contributed by atoms with van der Waals surface area (Å²) in [6, 6.07) is 8.71. The summed E-state index contributed by atoms with van der Waals surface area (Å²) in [4.78, 5) is 2.54. The monoisotopic (exact) mass is 357 g/mol. The third kappa shape index (κ3) is 3.49. The highest BCUT2D eigenvalue weighted by atomic mass is 16.5. The lowest BCUT2D eigenvalue weighted by Crippen LogP contribution is -2.34. The lowest BCUT2D eigenvalue weighted by atomic mass is 9.90. The predicted molar refractivity (Wildman–Crippen MR) is 105 cm³/mol. The van der Waals surface area contributed by atoms with E-state index in [1.165, 1.54) is 48.3 Å². The molecule has 0 bridgehead atoms. The van der Waals surface area contributed by atoms with Gasteiger partial charge in [-0.15, -0.1) is 0 Å². The number of nitriles is 2. The van der Waals surface area contributed by atoms with Crippen LogP contribution in [0.25, 0.3) is 6.08 Å². The van der Waals surface area contributed by atoms with Crippen LogP contribution in [0.4, 0.5) is 5.69 Å². The normalized spacial score (nSPS) is 21.0. The largest absolute Gasteiger partial charge is 0.463 e. The van der Waals surface area contributed by atoms with Crippen molar-refractivity contribution in [2.75, 3.05) is 18.0 Å². The van der Waals surface area contributed by atoms with Gasteiger partial charge in [-0.2, -0.15) is 10.5 Å². The number of nitrogens with zero attached hydrogens (tertiary/aromatic N) is 3. The van der Waals surface area contributed by atoms with Crippen molar-refractivity contribution in [3.8, 4) is 12.1 Å². The molecule has 0 amide bonds. The van der Waals surface area contributed by atoms with E-state index in [0.29, 0.717) is 5.76 Å². The van der Waals surface area contributed by atoms with Crippen LogP contribution in [-0.2, 0) is 17.6 Å². The van der Waals surface area contributed by atoms with Crippen molar-refractivity contribution < 1.29 is 4.74 Å². The van der Waals surface area contributed by atoms with E-state index >= 15 is 0 Å². The summed E-state index contributed by atoms with van der Waals surface area (Å²) < 4.78 is 5.78. The van der Waals surface area contributed by atoms with E-state index in [9.17, 15) is 0 Å². The van der Waals surface area contributed by atoms with Gasteiger partial charge in [0.15, 0.2) is 0 Å². The second kappa shape index (κ2) is 7.33. The first-order chi connectivity index (χ1) is 13.2. The number of allylic oxidation sites excluding steroid dienone is 4. The Balaban J connectivity index is 1.60. The standard InChI is InChI=1S/C23H23N3O/c1-16-10-20(21(14-24)15-25)13-22(27-16)7-6-17-11-18-4-2-8-26-9-3-5-19(12-17)23(18)26/h6-7,10-13,20-21H,2-5,8-9H2,1H3/b7-6+. The van der Waals surface area contributed by atoms with Crippen LogP contribution in [0.15, 0.2) is 41.9 Å². The lowest BCUT2D eigenvalue weighted by Gasteiger charge is -2.37. The molecule has 3 aliphatic heterocycles. The Kier molecular flexibility index (Phi) is 4.73. The molecule has 1 aromatic carbocycles. The molecule has 0 saturated heterocycles. The van der Waals surface area contributed by atoms with Gasteiger partial charge in [0.05, 0.1) is 17.9 Å². The van der Waals surface area contributed by atoms with E-state index < -0.39 is 5.92 Å². The minimum atomic E-state index is -0.688. The Bertz CT molecular complexity index is 881.